The summed E-state index contributed by atoms with van der Waals surface area (Å²) in [5.74, 6) is 0.964. The number of benzene rings is 1. The number of Topliss-reactive ketones (excluding diaryl/α,β-unsaturated/α-hetero) is 1. The van der Waals surface area contributed by atoms with Gasteiger partial charge in [0.25, 0.3) is 5.91 Å². The van der Waals surface area contributed by atoms with Gasteiger partial charge in [0.2, 0.25) is 0 Å². The van der Waals surface area contributed by atoms with Crippen LogP contribution in [0.2, 0.25) is 0 Å². The molecular formula is C20H26N2O4. The third kappa shape index (κ3) is 3.20. The number of amides is 3. The second-order valence-corrected chi connectivity index (χ2v) is 7.34. The van der Waals surface area contributed by atoms with Crippen molar-refractivity contribution < 1.29 is 19.1 Å². The van der Waals surface area contributed by atoms with Gasteiger partial charge in [0.1, 0.15) is 11.3 Å². The van der Waals surface area contributed by atoms with Crippen LogP contribution >= 0.6 is 0 Å². The summed E-state index contributed by atoms with van der Waals surface area (Å²) in [6, 6.07) is 4.72. The molecule has 1 N–H and O–H groups in total. The molecule has 1 aliphatic carbocycles. The summed E-state index contributed by atoms with van der Waals surface area (Å²) in [6.45, 7) is 3.76. The number of ether oxygens (including phenoxy) is 1. The van der Waals surface area contributed by atoms with Gasteiger partial charge in [-0.3, -0.25) is 14.5 Å². The smallest absolute Gasteiger partial charge is 0.325 e. The highest BCUT2D eigenvalue weighted by molar-refractivity contribution is 6.07. The van der Waals surface area contributed by atoms with Crippen molar-refractivity contribution in [2.45, 2.75) is 58.0 Å². The molecular weight excluding hydrogens is 332 g/mol. The van der Waals surface area contributed by atoms with Crippen molar-refractivity contribution in [1.82, 2.24) is 10.2 Å². The van der Waals surface area contributed by atoms with Crippen LogP contribution in [0.25, 0.3) is 0 Å². The molecule has 0 radical (unpaired) electrons. The highest BCUT2D eigenvalue weighted by Crippen LogP contribution is 2.38. The summed E-state index contributed by atoms with van der Waals surface area (Å²) >= 11 is 0. The predicted molar refractivity (Wildman–Crippen MR) is 97.1 cm³/mol. The Bertz CT molecular complexity index is 735. The molecule has 2 fully saturated rings. The Labute approximate surface area is 153 Å². The number of nitrogens with zero attached hydrogens (tertiary/aromatic N) is 1. The zero-order chi connectivity index (χ0) is 18.9. The van der Waals surface area contributed by atoms with Gasteiger partial charge < -0.3 is 10.1 Å². The van der Waals surface area contributed by atoms with Crippen molar-refractivity contribution >= 4 is 17.7 Å². The van der Waals surface area contributed by atoms with E-state index in [4.69, 9.17) is 4.74 Å². The average Bonchev–Trinajstić information content (AvgIpc) is 2.86. The van der Waals surface area contributed by atoms with Crippen LogP contribution < -0.4 is 10.1 Å². The Morgan fingerprint density at radius 2 is 2.00 bits per heavy atom. The fraction of sp³-hybridized carbons (Fsp3) is 0.550. The highest BCUT2D eigenvalue weighted by Gasteiger charge is 2.52. The van der Waals surface area contributed by atoms with Crippen LogP contribution in [0.5, 0.6) is 5.75 Å². The largest absolute Gasteiger partial charge is 0.496 e. The molecule has 3 amide bonds. The van der Waals surface area contributed by atoms with E-state index < -0.39 is 5.54 Å². The summed E-state index contributed by atoms with van der Waals surface area (Å²) in [5, 5.41) is 2.94. The Balaban J connectivity index is 1.83. The number of carbonyl (C=O) groups excluding carboxylic acids is 3. The van der Waals surface area contributed by atoms with Crippen molar-refractivity contribution in [3.8, 4) is 5.75 Å². The number of hydrogen-bond donors (Lipinski definition) is 1. The Morgan fingerprint density at radius 1 is 1.31 bits per heavy atom. The number of nitrogens with one attached hydrogen (secondary N) is 1. The fourth-order valence-corrected chi connectivity index (χ4v) is 4.03. The van der Waals surface area contributed by atoms with Crippen molar-refractivity contribution in [2.75, 3.05) is 7.11 Å². The molecule has 1 saturated heterocycles. The maximum Gasteiger partial charge on any atom is 0.325 e. The standard InChI is InChI=1S/C20H26N2O4/c1-4-14-7-9-20(10-8-14)18(24)22(19(25)21-20)12-16-11-15(13(2)23)5-6-17(16)26-3/h5-6,11,14H,4,7-10,12H2,1-3H3,(H,21,25). The van der Waals surface area contributed by atoms with Crippen LogP contribution in [0, 0.1) is 5.92 Å². The number of ketones is 1. The summed E-state index contributed by atoms with van der Waals surface area (Å²) in [6.07, 6.45) is 4.41. The van der Waals surface area contributed by atoms with E-state index in [1.54, 1.807) is 18.2 Å². The first-order chi connectivity index (χ1) is 12.4. The lowest BCUT2D eigenvalue weighted by Crippen LogP contribution is -2.49. The van der Waals surface area contributed by atoms with Crippen LogP contribution in [0.4, 0.5) is 4.79 Å². The Kier molecular flexibility index (Phi) is 5.03. The normalized spacial score (nSPS) is 25.5. The van der Waals surface area contributed by atoms with Gasteiger partial charge in [0, 0.05) is 11.1 Å². The van der Waals surface area contributed by atoms with Gasteiger partial charge >= 0.3 is 6.03 Å². The number of hydrogen-bond acceptors (Lipinski definition) is 4. The SMILES string of the molecule is CCC1CCC2(CC1)NC(=O)N(Cc1cc(C(C)=O)ccc1OC)C2=O. The highest BCUT2D eigenvalue weighted by atomic mass is 16.5. The van der Waals surface area contributed by atoms with Crippen molar-refractivity contribution in [3.63, 3.8) is 0 Å². The Morgan fingerprint density at radius 3 is 2.58 bits per heavy atom. The fourth-order valence-electron chi connectivity index (χ4n) is 4.03. The van der Waals surface area contributed by atoms with E-state index in [-0.39, 0.29) is 24.3 Å². The molecule has 1 aliphatic heterocycles. The van der Waals surface area contributed by atoms with E-state index >= 15 is 0 Å². The molecule has 1 saturated carbocycles. The van der Waals surface area contributed by atoms with E-state index in [1.165, 1.54) is 18.9 Å². The van der Waals surface area contributed by atoms with E-state index in [0.29, 0.717) is 35.6 Å². The molecule has 3 rings (SSSR count). The number of carbonyl (C=O) groups is 3. The van der Waals surface area contributed by atoms with E-state index in [1.807, 2.05) is 0 Å². The monoisotopic (exact) mass is 358 g/mol. The van der Waals surface area contributed by atoms with Gasteiger partial charge in [0.05, 0.1) is 13.7 Å². The zero-order valence-corrected chi connectivity index (χ0v) is 15.6. The first kappa shape index (κ1) is 18.4. The molecule has 1 aromatic carbocycles. The Hall–Kier alpha value is -2.37. The van der Waals surface area contributed by atoms with E-state index in [2.05, 4.69) is 12.2 Å². The number of methoxy groups -OCH3 is 1. The van der Waals surface area contributed by atoms with E-state index in [9.17, 15) is 14.4 Å². The maximum absolute atomic E-state index is 13.0. The van der Waals surface area contributed by atoms with Crippen LogP contribution in [0.3, 0.4) is 0 Å². The number of urea groups is 1. The van der Waals surface area contributed by atoms with Crippen LogP contribution in [0.1, 0.15) is 61.9 Å². The van der Waals surface area contributed by atoms with Crippen LogP contribution in [-0.2, 0) is 11.3 Å². The molecule has 0 unspecified atom stereocenters. The molecule has 1 heterocycles. The number of imide groups is 1. The van der Waals surface area contributed by atoms with Crippen molar-refractivity contribution in [1.29, 1.82) is 0 Å². The quantitative estimate of drug-likeness (QED) is 0.647. The lowest BCUT2D eigenvalue weighted by molar-refractivity contribution is -0.133. The van der Waals surface area contributed by atoms with Crippen molar-refractivity contribution in [2.24, 2.45) is 5.92 Å². The third-order valence-corrected chi connectivity index (χ3v) is 5.80. The van der Waals surface area contributed by atoms with Gasteiger partial charge in [-0.05, 0) is 56.7 Å². The second-order valence-electron chi connectivity index (χ2n) is 7.34. The molecule has 6 heteroatoms. The van der Waals surface area contributed by atoms with Gasteiger partial charge in [-0.25, -0.2) is 4.79 Å². The molecule has 6 nitrogen and oxygen atoms in total. The van der Waals surface area contributed by atoms with Gasteiger partial charge in [-0.1, -0.05) is 13.3 Å². The molecule has 26 heavy (non-hydrogen) atoms. The minimum atomic E-state index is -0.756. The maximum atomic E-state index is 13.0. The summed E-state index contributed by atoms with van der Waals surface area (Å²) in [7, 11) is 1.53. The summed E-state index contributed by atoms with van der Waals surface area (Å²) in [5.41, 5.74) is 0.433. The van der Waals surface area contributed by atoms with Crippen molar-refractivity contribution in [3.05, 3.63) is 29.3 Å². The first-order valence-corrected chi connectivity index (χ1v) is 9.22. The molecule has 0 aromatic heterocycles. The molecule has 0 atom stereocenters. The predicted octanol–water partition coefficient (Wildman–Crippen LogP) is 3.29. The third-order valence-electron chi connectivity index (χ3n) is 5.80. The van der Waals surface area contributed by atoms with Gasteiger partial charge in [-0.2, -0.15) is 0 Å². The topological polar surface area (TPSA) is 75.7 Å². The molecule has 140 valence electrons. The minimum absolute atomic E-state index is 0.0690. The molecule has 0 bridgehead atoms. The molecule has 2 aliphatic rings. The average molecular weight is 358 g/mol. The van der Waals surface area contributed by atoms with Crippen LogP contribution in [0.15, 0.2) is 18.2 Å². The van der Waals surface area contributed by atoms with E-state index in [0.717, 1.165) is 19.3 Å². The number of rotatable bonds is 5. The molecule has 1 spiro atoms. The van der Waals surface area contributed by atoms with Gasteiger partial charge in [-0.15, -0.1) is 0 Å². The zero-order valence-electron chi connectivity index (χ0n) is 15.6. The minimum Gasteiger partial charge on any atom is -0.496 e. The lowest BCUT2D eigenvalue weighted by atomic mass is 9.75. The lowest BCUT2D eigenvalue weighted by Gasteiger charge is -2.34. The first-order valence-electron chi connectivity index (χ1n) is 9.22. The second kappa shape index (κ2) is 7.09. The summed E-state index contributed by atoms with van der Waals surface area (Å²) < 4.78 is 5.35. The molecule has 1 aromatic rings. The van der Waals surface area contributed by atoms with Crippen LogP contribution in [-0.4, -0.2) is 35.3 Å². The summed E-state index contributed by atoms with van der Waals surface area (Å²) in [4.78, 5) is 38.5. The van der Waals surface area contributed by atoms with Gasteiger partial charge in [0.15, 0.2) is 5.78 Å².